The van der Waals surface area contributed by atoms with Crippen LogP contribution in [0.5, 0.6) is 0 Å². The molecule has 21 heavy (non-hydrogen) atoms. The normalized spacial score (nSPS) is 15.7. The first-order valence-electron chi connectivity index (χ1n) is 7.67. The van der Waals surface area contributed by atoms with E-state index in [2.05, 4.69) is 60.8 Å². The highest BCUT2D eigenvalue weighted by atomic mass is 16.5. The molecule has 2 aromatic carbocycles. The van der Waals surface area contributed by atoms with Gasteiger partial charge in [-0.3, -0.25) is 0 Å². The summed E-state index contributed by atoms with van der Waals surface area (Å²) >= 11 is 0. The minimum absolute atomic E-state index is 0.420. The molecule has 0 amide bonds. The summed E-state index contributed by atoms with van der Waals surface area (Å²) in [5.74, 6) is 0.763. The number of methoxy groups -OCH3 is 1. The summed E-state index contributed by atoms with van der Waals surface area (Å²) < 4.78 is 5.22. The smallest absolute Gasteiger partial charge is 0.0713 e. The van der Waals surface area contributed by atoms with Gasteiger partial charge >= 0.3 is 0 Å². The van der Waals surface area contributed by atoms with Crippen molar-refractivity contribution in [2.24, 2.45) is 5.92 Å². The van der Waals surface area contributed by atoms with E-state index in [0.29, 0.717) is 12.6 Å². The first kappa shape index (κ1) is 14.2. The summed E-state index contributed by atoms with van der Waals surface area (Å²) in [5.41, 5.74) is 5.10. The van der Waals surface area contributed by atoms with Crippen molar-refractivity contribution in [1.29, 1.82) is 0 Å². The molecule has 2 heteroatoms. The summed E-state index contributed by atoms with van der Waals surface area (Å²) in [6.07, 6.45) is 2.65. The van der Waals surface area contributed by atoms with Crippen LogP contribution >= 0.6 is 0 Å². The maximum Gasteiger partial charge on any atom is 0.0713 e. The van der Waals surface area contributed by atoms with Gasteiger partial charge in [0.25, 0.3) is 0 Å². The van der Waals surface area contributed by atoms with Gasteiger partial charge in [0.2, 0.25) is 0 Å². The lowest BCUT2D eigenvalue weighted by molar-refractivity contribution is 0.185. The average Bonchev–Trinajstić information content (AvgIpc) is 3.31. The molecule has 1 N–H and O–H groups in total. The van der Waals surface area contributed by atoms with Gasteiger partial charge in [-0.2, -0.15) is 0 Å². The van der Waals surface area contributed by atoms with Crippen LogP contribution in [0.3, 0.4) is 0 Å². The van der Waals surface area contributed by atoms with E-state index >= 15 is 0 Å². The zero-order chi connectivity index (χ0) is 14.7. The Labute approximate surface area is 127 Å². The number of rotatable bonds is 6. The van der Waals surface area contributed by atoms with Gasteiger partial charge in [0.15, 0.2) is 0 Å². The molecule has 1 saturated carbocycles. The summed E-state index contributed by atoms with van der Waals surface area (Å²) in [6, 6.07) is 17.9. The van der Waals surface area contributed by atoms with E-state index in [-0.39, 0.29) is 0 Å². The molecule has 1 atom stereocenters. The molecule has 3 rings (SSSR count). The monoisotopic (exact) mass is 281 g/mol. The average molecular weight is 281 g/mol. The number of benzene rings is 2. The molecule has 0 bridgehead atoms. The third-order valence-corrected chi connectivity index (χ3v) is 4.09. The Hall–Kier alpha value is -1.80. The van der Waals surface area contributed by atoms with Crippen molar-refractivity contribution in [3.05, 3.63) is 65.2 Å². The first-order chi connectivity index (χ1) is 10.3. The zero-order valence-electron chi connectivity index (χ0n) is 12.8. The number of hydrogen-bond acceptors (Lipinski definition) is 2. The quantitative estimate of drug-likeness (QED) is 0.828. The second-order valence-electron chi connectivity index (χ2n) is 6.00. The van der Waals surface area contributed by atoms with Crippen LogP contribution in [-0.4, -0.2) is 7.11 Å². The minimum Gasteiger partial charge on any atom is -0.380 e. The fraction of sp³-hybridized carbons (Fsp3) is 0.368. The Morgan fingerprint density at radius 1 is 1.14 bits per heavy atom. The molecule has 110 valence electrons. The second kappa shape index (κ2) is 6.31. The number of hydrogen-bond donors (Lipinski definition) is 1. The van der Waals surface area contributed by atoms with Crippen molar-refractivity contribution in [2.45, 2.75) is 32.4 Å². The molecule has 0 aliphatic heterocycles. The molecule has 2 aromatic rings. The van der Waals surface area contributed by atoms with Gasteiger partial charge in [-0.25, -0.2) is 0 Å². The van der Waals surface area contributed by atoms with Crippen LogP contribution in [0.4, 0.5) is 5.69 Å². The lowest BCUT2D eigenvalue weighted by Crippen LogP contribution is -2.13. The van der Waals surface area contributed by atoms with Crippen LogP contribution < -0.4 is 5.32 Å². The van der Waals surface area contributed by atoms with E-state index in [0.717, 1.165) is 5.92 Å². The Morgan fingerprint density at radius 2 is 1.90 bits per heavy atom. The van der Waals surface area contributed by atoms with Crippen LogP contribution in [0.15, 0.2) is 48.5 Å². The maximum atomic E-state index is 5.22. The van der Waals surface area contributed by atoms with E-state index in [1.165, 1.54) is 35.2 Å². The second-order valence-corrected chi connectivity index (χ2v) is 6.00. The fourth-order valence-electron chi connectivity index (χ4n) is 2.77. The largest absolute Gasteiger partial charge is 0.380 e. The maximum absolute atomic E-state index is 5.22. The van der Waals surface area contributed by atoms with Crippen LogP contribution in [0, 0.1) is 12.8 Å². The first-order valence-corrected chi connectivity index (χ1v) is 7.67. The number of ether oxygens (including phenoxy) is 1. The van der Waals surface area contributed by atoms with Gasteiger partial charge in [-0.05, 0) is 48.9 Å². The van der Waals surface area contributed by atoms with Crippen LogP contribution in [0.1, 0.15) is 35.6 Å². The summed E-state index contributed by atoms with van der Waals surface area (Å²) in [7, 11) is 1.74. The Kier molecular flexibility index (Phi) is 4.26. The van der Waals surface area contributed by atoms with Crippen LogP contribution in [0.25, 0.3) is 0 Å². The molecule has 1 aliphatic carbocycles. The molecule has 0 heterocycles. The molecule has 0 radical (unpaired) electrons. The van der Waals surface area contributed by atoms with Gasteiger partial charge in [-0.15, -0.1) is 0 Å². The molecule has 1 unspecified atom stereocenters. The van der Waals surface area contributed by atoms with E-state index in [1.54, 1.807) is 7.11 Å². The highest BCUT2D eigenvalue weighted by Crippen LogP contribution is 2.42. The molecule has 0 aromatic heterocycles. The molecule has 1 aliphatic rings. The predicted octanol–water partition coefficient (Wildman–Crippen LogP) is 4.70. The number of nitrogens with one attached hydrogen (secondary N) is 1. The zero-order valence-corrected chi connectivity index (χ0v) is 12.8. The van der Waals surface area contributed by atoms with Gasteiger partial charge in [0.1, 0.15) is 0 Å². The van der Waals surface area contributed by atoms with Crippen LogP contribution in [-0.2, 0) is 11.3 Å². The predicted molar refractivity (Wildman–Crippen MR) is 87.4 cm³/mol. The number of aryl methyl sites for hydroxylation is 1. The van der Waals surface area contributed by atoms with E-state index in [9.17, 15) is 0 Å². The molecular weight excluding hydrogens is 258 g/mol. The lowest BCUT2D eigenvalue weighted by Gasteiger charge is -2.21. The SMILES string of the molecule is COCc1cccc(NC(c2ccc(C)cc2)C2CC2)c1. The highest BCUT2D eigenvalue weighted by Gasteiger charge is 2.32. The van der Waals surface area contributed by atoms with Crippen molar-refractivity contribution in [3.63, 3.8) is 0 Å². The number of anilines is 1. The molecule has 1 fully saturated rings. The van der Waals surface area contributed by atoms with Gasteiger partial charge < -0.3 is 10.1 Å². The molecule has 0 saturated heterocycles. The van der Waals surface area contributed by atoms with E-state index < -0.39 is 0 Å². The molecule has 2 nitrogen and oxygen atoms in total. The van der Waals surface area contributed by atoms with Gasteiger partial charge in [0.05, 0.1) is 12.6 Å². The highest BCUT2D eigenvalue weighted by molar-refractivity contribution is 5.48. The van der Waals surface area contributed by atoms with Gasteiger partial charge in [0, 0.05) is 12.8 Å². The Morgan fingerprint density at radius 3 is 2.57 bits per heavy atom. The van der Waals surface area contributed by atoms with Crippen molar-refractivity contribution in [1.82, 2.24) is 0 Å². The Balaban J connectivity index is 1.79. The van der Waals surface area contributed by atoms with E-state index in [1.807, 2.05) is 0 Å². The fourth-order valence-corrected chi connectivity index (χ4v) is 2.77. The van der Waals surface area contributed by atoms with Crippen molar-refractivity contribution >= 4 is 5.69 Å². The van der Waals surface area contributed by atoms with Gasteiger partial charge in [-0.1, -0.05) is 42.0 Å². The lowest BCUT2D eigenvalue weighted by atomic mass is 10.0. The molecule has 0 spiro atoms. The van der Waals surface area contributed by atoms with Crippen LogP contribution in [0.2, 0.25) is 0 Å². The Bertz CT molecular complexity index is 587. The minimum atomic E-state index is 0.420. The summed E-state index contributed by atoms with van der Waals surface area (Å²) in [6.45, 7) is 2.80. The van der Waals surface area contributed by atoms with Crippen molar-refractivity contribution < 1.29 is 4.74 Å². The third-order valence-electron chi connectivity index (χ3n) is 4.09. The molecular formula is C19H23NO. The van der Waals surface area contributed by atoms with Crippen molar-refractivity contribution in [2.75, 3.05) is 12.4 Å². The van der Waals surface area contributed by atoms with Crippen molar-refractivity contribution in [3.8, 4) is 0 Å². The summed E-state index contributed by atoms with van der Waals surface area (Å²) in [4.78, 5) is 0. The van der Waals surface area contributed by atoms with E-state index in [4.69, 9.17) is 4.74 Å². The third kappa shape index (κ3) is 3.64. The standard InChI is InChI=1S/C19H23NO/c1-14-6-8-16(9-7-14)19(17-10-11-17)20-18-5-3-4-15(12-18)13-21-2/h3-9,12,17,19-20H,10-11,13H2,1-2H3. The topological polar surface area (TPSA) is 21.3 Å². The summed E-state index contributed by atoms with van der Waals surface area (Å²) in [5, 5.41) is 3.72.